The Kier molecular flexibility index (Phi) is 6.71. The molecule has 0 aromatic carbocycles. The summed E-state index contributed by atoms with van der Waals surface area (Å²) in [7, 11) is -2.53. The first-order valence-corrected chi connectivity index (χ1v) is 11.6. The molecule has 3 unspecified atom stereocenters. The summed E-state index contributed by atoms with van der Waals surface area (Å²) in [5.41, 5.74) is 11.0. The van der Waals surface area contributed by atoms with Crippen molar-refractivity contribution in [2.24, 2.45) is 11.5 Å². The number of hydrogen-bond donors (Lipinski definition) is 3. The molecule has 0 amide bonds. The van der Waals surface area contributed by atoms with Crippen LogP contribution in [0.5, 0.6) is 0 Å². The first-order chi connectivity index (χ1) is 11.7. The molecular weight excluding hydrogens is 322 g/mol. The van der Waals surface area contributed by atoms with Crippen LogP contribution in [-0.4, -0.2) is 33.8 Å². The zero-order chi connectivity index (χ0) is 16.8. The highest BCUT2D eigenvalue weighted by Crippen LogP contribution is 2.44. The fraction of sp³-hybridized carbons (Fsp3) is 0.882. The van der Waals surface area contributed by atoms with E-state index in [2.05, 4.69) is 11.4 Å². The zero-order valence-corrected chi connectivity index (χ0v) is 15.7. The molecule has 0 spiro atoms. The maximum atomic E-state index is 6.32. The van der Waals surface area contributed by atoms with Crippen LogP contribution in [0.25, 0.3) is 0 Å². The number of rotatable bonds is 5. The highest BCUT2D eigenvalue weighted by Gasteiger charge is 2.62. The normalized spacial score (nSPS) is 34.2. The first kappa shape index (κ1) is 18.4. The van der Waals surface area contributed by atoms with E-state index in [1.807, 2.05) is 0 Å². The second kappa shape index (κ2) is 8.78. The maximum Gasteiger partial charge on any atom is 0.567 e. The van der Waals surface area contributed by atoms with Crippen molar-refractivity contribution < 1.29 is 13.3 Å². The molecule has 0 radical (unpaired) electrons. The third kappa shape index (κ3) is 4.80. The third-order valence-electron chi connectivity index (χ3n) is 5.11. The SMILES string of the molecule is NC(N)NCCC[Si]12OC3=CCCCCCCCCCC(O1)C3O2. The molecule has 1 aliphatic carbocycles. The van der Waals surface area contributed by atoms with Gasteiger partial charge >= 0.3 is 8.80 Å². The van der Waals surface area contributed by atoms with Gasteiger partial charge in [0.15, 0.2) is 0 Å². The summed E-state index contributed by atoms with van der Waals surface area (Å²) in [4.78, 5) is 0. The molecule has 7 heteroatoms. The summed E-state index contributed by atoms with van der Waals surface area (Å²) in [6, 6.07) is 0.830. The third-order valence-corrected chi connectivity index (χ3v) is 7.89. The Labute approximate surface area is 146 Å². The number of nitrogens with two attached hydrogens (primary N) is 2. The van der Waals surface area contributed by atoms with Crippen LogP contribution in [0.2, 0.25) is 6.04 Å². The molecule has 2 saturated heterocycles. The van der Waals surface area contributed by atoms with Crippen LogP contribution in [0, 0.1) is 0 Å². The molecule has 0 aromatic heterocycles. The van der Waals surface area contributed by atoms with Gasteiger partial charge in [-0.05, 0) is 38.3 Å². The average Bonchev–Trinajstić information content (AvgIpc) is 3.08. The summed E-state index contributed by atoms with van der Waals surface area (Å²) in [5.74, 6) is 1.06. The van der Waals surface area contributed by atoms with E-state index in [9.17, 15) is 0 Å². The number of hydrogen-bond acceptors (Lipinski definition) is 6. The number of fused-ring (bicyclic) bond motifs is 1. The predicted molar refractivity (Wildman–Crippen MR) is 95.8 cm³/mol. The lowest BCUT2D eigenvalue weighted by atomic mass is 10.0. The standard InChI is InChI=1S/C17H33N3O3Si/c18-17(19)20-12-9-13-24-21-14-10-7-5-3-1-2-4-6-8-11-15(22-24)16(14)23-24/h10,15-17,20H,1-9,11-13,18-19H2. The maximum absolute atomic E-state index is 6.32. The smallest absolute Gasteiger partial charge is 0.502 e. The Bertz CT molecular complexity index is 435. The van der Waals surface area contributed by atoms with Crippen molar-refractivity contribution in [2.75, 3.05) is 6.54 Å². The van der Waals surface area contributed by atoms with Crippen LogP contribution in [0.1, 0.15) is 64.2 Å². The molecule has 3 rings (SSSR count). The van der Waals surface area contributed by atoms with Crippen molar-refractivity contribution in [3.05, 3.63) is 11.8 Å². The van der Waals surface area contributed by atoms with E-state index in [-0.39, 0.29) is 12.2 Å². The van der Waals surface area contributed by atoms with E-state index < -0.39 is 15.1 Å². The van der Waals surface area contributed by atoms with Crippen LogP contribution >= 0.6 is 0 Å². The Morgan fingerprint density at radius 2 is 1.83 bits per heavy atom. The molecule has 0 saturated carbocycles. The van der Waals surface area contributed by atoms with Crippen molar-refractivity contribution in [1.82, 2.24) is 5.32 Å². The average molecular weight is 356 g/mol. The molecule has 24 heavy (non-hydrogen) atoms. The van der Waals surface area contributed by atoms with Crippen LogP contribution in [-0.2, 0) is 13.3 Å². The minimum absolute atomic E-state index is 0.0437. The number of allylic oxidation sites excluding steroid dienone is 1. The lowest BCUT2D eigenvalue weighted by Gasteiger charge is -2.27. The highest BCUT2D eigenvalue weighted by molar-refractivity contribution is 6.62. The van der Waals surface area contributed by atoms with Gasteiger partial charge in [0.05, 0.1) is 6.10 Å². The van der Waals surface area contributed by atoms with E-state index in [4.69, 9.17) is 24.7 Å². The van der Waals surface area contributed by atoms with Crippen molar-refractivity contribution in [2.45, 2.75) is 88.7 Å². The molecule has 5 N–H and O–H groups in total. The van der Waals surface area contributed by atoms with E-state index in [1.165, 1.54) is 44.9 Å². The van der Waals surface area contributed by atoms with Gasteiger partial charge in [-0.2, -0.15) is 0 Å². The number of nitrogens with one attached hydrogen (secondary N) is 1. The van der Waals surface area contributed by atoms with Gasteiger partial charge in [-0.1, -0.05) is 38.5 Å². The molecular formula is C17H33N3O3Si. The first-order valence-electron chi connectivity index (χ1n) is 9.68. The minimum atomic E-state index is -2.53. The van der Waals surface area contributed by atoms with E-state index in [1.54, 1.807) is 0 Å². The van der Waals surface area contributed by atoms with Gasteiger partial charge in [0, 0.05) is 6.04 Å². The topological polar surface area (TPSA) is 91.8 Å². The van der Waals surface area contributed by atoms with Crippen LogP contribution in [0.15, 0.2) is 11.8 Å². The fourth-order valence-electron chi connectivity index (χ4n) is 3.85. The van der Waals surface area contributed by atoms with Gasteiger partial charge in [0.25, 0.3) is 0 Å². The highest BCUT2D eigenvalue weighted by atomic mass is 28.4. The second-order valence-corrected chi connectivity index (χ2v) is 9.76. The largest absolute Gasteiger partial charge is 0.567 e. The quantitative estimate of drug-likeness (QED) is 0.398. The molecule has 2 bridgehead atoms. The molecule has 3 aliphatic rings. The minimum Gasteiger partial charge on any atom is -0.502 e. The Morgan fingerprint density at radius 1 is 1.08 bits per heavy atom. The van der Waals surface area contributed by atoms with Crippen LogP contribution < -0.4 is 16.8 Å². The molecule has 0 aromatic rings. The fourth-order valence-corrected chi connectivity index (χ4v) is 6.86. The Morgan fingerprint density at radius 3 is 2.62 bits per heavy atom. The van der Waals surface area contributed by atoms with Gasteiger partial charge in [-0.25, -0.2) is 0 Å². The monoisotopic (exact) mass is 355 g/mol. The van der Waals surface area contributed by atoms with Crippen molar-refractivity contribution in [1.29, 1.82) is 0 Å². The predicted octanol–water partition coefficient (Wildman–Crippen LogP) is 2.33. The van der Waals surface area contributed by atoms with Crippen LogP contribution in [0.3, 0.4) is 0 Å². The lowest BCUT2D eigenvalue weighted by molar-refractivity contribution is 0.104. The van der Waals surface area contributed by atoms with Gasteiger partial charge in [0.1, 0.15) is 18.2 Å². The summed E-state index contributed by atoms with van der Waals surface area (Å²) < 4.78 is 18.9. The van der Waals surface area contributed by atoms with Gasteiger partial charge in [-0.3, -0.25) is 5.32 Å². The van der Waals surface area contributed by atoms with E-state index in [0.29, 0.717) is 0 Å². The molecule has 3 atom stereocenters. The van der Waals surface area contributed by atoms with Crippen LogP contribution in [0.4, 0.5) is 0 Å². The van der Waals surface area contributed by atoms with Gasteiger partial charge in [-0.15, -0.1) is 0 Å². The zero-order valence-electron chi connectivity index (χ0n) is 14.7. The van der Waals surface area contributed by atoms with E-state index >= 15 is 0 Å². The summed E-state index contributed by atoms with van der Waals surface area (Å²) in [6.45, 7) is 0.761. The Hall–Kier alpha value is -0.443. The van der Waals surface area contributed by atoms with Crippen molar-refractivity contribution >= 4 is 8.80 Å². The van der Waals surface area contributed by atoms with Gasteiger partial charge in [0.2, 0.25) is 0 Å². The Balaban J connectivity index is 1.59. The van der Waals surface area contributed by atoms with Crippen molar-refractivity contribution in [3.63, 3.8) is 0 Å². The molecule has 6 nitrogen and oxygen atoms in total. The van der Waals surface area contributed by atoms with Crippen molar-refractivity contribution in [3.8, 4) is 0 Å². The molecule has 138 valence electrons. The summed E-state index contributed by atoms with van der Waals surface area (Å²) in [5, 5.41) is 3.03. The molecule has 2 aliphatic heterocycles. The molecule has 2 fully saturated rings. The lowest BCUT2D eigenvalue weighted by Crippen LogP contribution is -2.46. The molecule has 2 heterocycles. The summed E-state index contributed by atoms with van der Waals surface area (Å²) in [6.07, 6.45) is 14.3. The second-order valence-electron chi connectivity index (χ2n) is 7.22. The summed E-state index contributed by atoms with van der Waals surface area (Å²) >= 11 is 0. The van der Waals surface area contributed by atoms with E-state index in [0.717, 1.165) is 37.6 Å². The van der Waals surface area contributed by atoms with Gasteiger partial charge < -0.3 is 24.7 Å².